The van der Waals surface area contributed by atoms with E-state index in [0.717, 1.165) is 11.1 Å². The minimum Gasteiger partial charge on any atom is -0.495 e. The Morgan fingerprint density at radius 1 is 0.933 bits per heavy atom. The maximum absolute atomic E-state index is 13.4. The molecule has 164 valence electrons. The highest BCUT2D eigenvalue weighted by Gasteiger charge is 2.23. The predicted molar refractivity (Wildman–Crippen MR) is 119 cm³/mol. The van der Waals surface area contributed by atoms with Gasteiger partial charge >= 0.3 is 0 Å². The molecule has 0 saturated carbocycles. The summed E-state index contributed by atoms with van der Waals surface area (Å²) in [7, 11) is -3.00. The van der Waals surface area contributed by atoms with Crippen LogP contribution in [0.3, 0.4) is 0 Å². The molecule has 0 radical (unpaired) electrons. The van der Waals surface area contributed by atoms with Gasteiger partial charge in [-0.2, -0.15) is 8.42 Å². The van der Waals surface area contributed by atoms with E-state index < -0.39 is 10.1 Å². The van der Waals surface area contributed by atoms with Crippen LogP contribution in [0.2, 0.25) is 0 Å². The van der Waals surface area contributed by atoms with E-state index in [4.69, 9.17) is 4.74 Å². The van der Waals surface area contributed by atoms with Gasteiger partial charge in [-0.1, -0.05) is 53.7 Å². The number of ether oxygens (including phenoxy) is 1. The molecule has 0 aliphatic carbocycles. The van der Waals surface area contributed by atoms with Crippen molar-refractivity contribution in [2.24, 2.45) is 0 Å². The summed E-state index contributed by atoms with van der Waals surface area (Å²) >= 11 is 0. The van der Waals surface area contributed by atoms with Crippen molar-refractivity contribution in [1.29, 1.82) is 0 Å². The Morgan fingerprint density at radius 3 is 1.87 bits per heavy atom. The maximum atomic E-state index is 13.4. The van der Waals surface area contributed by atoms with E-state index in [0.29, 0.717) is 17.2 Å². The summed E-state index contributed by atoms with van der Waals surface area (Å²) in [5, 5.41) is 2.86. The van der Waals surface area contributed by atoms with Crippen molar-refractivity contribution in [2.45, 2.75) is 64.2 Å². The molecule has 2 aromatic rings. The molecule has 0 atom stereocenters. The van der Waals surface area contributed by atoms with Crippen LogP contribution in [-0.4, -0.2) is 26.0 Å². The molecule has 0 unspecified atom stereocenters. The number of anilines is 1. The first-order valence-electron chi connectivity index (χ1n) is 10.0. The van der Waals surface area contributed by atoms with Crippen molar-refractivity contribution < 1.29 is 22.5 Å². The van der Waals surface area contributed by atoms with Crippen LogP contribution in [0.25, 0.3) is 0 Å². The number of methoxy groups -OCH3 is 1. The van der Waals surface area contributed by atoms with Gasteiger partial charge in [-0.05, 0) is 46.6 Å². The highest BCUT2D eigenvalue weighted by atomic mass is 32.2. The predicted octanol–water partition coefficient (Wildman–Crippen LogP) is 5.56. The van der Waals surface area contributed by atoms with Gasteiger partial charge in [0.1, 0.15) is 5.75 Å². The number of rotatable bonds is 7. The molecule has 0 heterocycles. The van der Waals surface area contributed by atoms with E-state index in [1.54, 1.807) is 0 Å². The molecule has 0 bridgehead atoms. The lowest BCUT2D eigenvalue weighted by atomic mass is 9.84. The van der Waals surface area contributed by atoms with Crippen molar-refractivity contribution in [3.8, 4) is 5.75 Å². The van der Waals surface area contributed by atoms with Gasteiger partial charge in [0.15, 0.2) is 0 Å². The summed E-state index contributed by atoms with van der Waals surface area (Å²) in [6.07, 6.45) is 0. The lowest BCUT2D eigenvalue weighted by Gasteiger charge is -2.22. The second-order valence-electron chi connectivity index (χ2n) is 8.33. The third-order valence-corrected chi connectivity index (χ3v) is 5.93. The van der Waals surface area contributed by atoms with Gasteiger partial charge in [0.05, 0.1) is 17.7 Å². The zero-order valence-electron chi connectivity index (χ0n) is 18.6. The zero-order valence-corrected chi connectivity index (χ0v) is 19.4. The molecule has 6 nitrogen and oxygen atoms in total. The second-order valence-corrected chi connectivity index (χ2v) is 9.75. The van der Waals surface area contributed by atoms with E-state index in [2.05, 4.69) is 59.0 Å². The molecular weight excluding hydrogens is 402 g/mol. The minimum atomic E-state index is -4.37. The quantitative estimate of drug-likeness (QED) is 0.557. The van der Waals surface area contributed by atoms with E-state index in [9.17, 15) is 17.8 Å². The number of nitrogens with one attached hydrogen (secondary N) is 1. The Hall–Kier alpha value is -2.38. The number of amides is 1. The summed E-state index contributed by atoms with van der Waals surface area (Å²) in [5.41, 5.74) is 4.08. The van der Waals surface area contributed by atoms with Crippen LogP contribution < -0.4 is 10.1 Å². The summed E-state index contributed by atoms with van der Waals surface area (Å²) in [6.45, 7) is 12.5. The average molecular weight is 434 g/mol. The normalized spacial score (nSPS) is 12.0. The fourth-order valence-electron chi connectivity index (χ4n) is 3.34. The topological polar surface area (TPSA) is 92.7 Å². The van der Waals surface area contributed by atoms with Crippen LogP contribution >= 0.6 is 0 Å². The van der Waals surface area contributed by atoms with Crippen LogP contribution in [0, 0.1) is 0 Å². The highest BCUT2D eigenvalue weighted by molar-refractivity contribution is 7.85. The first kappa shape index (κ1) is 23.9. The first-order chi connectivity index (χ1) is 13.9. The Morgan fingerprint density at radius 2 is 1.47 bits per heavy atom. The molecule has 0 aliphatic heterocycles. The van der Waals surface area contributed by atoms with Gasteiger partial charge in [-0.3, -0.25) is 9.35 Å². The van der Waals surface area contributed by atoms with Gasteiger partial charge < -0.3 is 10.1 Å². The fraction of sp³-hybridized carbons (Fsp3) is 0.435. The zero-order chi connectivity index (χ0) is 22.8. The molecule has 2 rings (SSSR count). The number of benzene rings is 2. The van der Waals surface area contributed by atoms with Gasteiger partial charge in [-0.15, -0.1) is 0 Å². The monoisotopic (exact) mass is 433 g/mol. The van der Waals surface area contributed by atoms with Gasteiger partial charge in [0.25, 0.3) is 16.0 Å². The lowest BCUT2D eigenvalue weighted by Crippen LogP contribution is -2.19. The standard InChI is InChI=1S/C23H31NO5S/c1-13(2)16-10-18(14(3)4)22(19(11-16)15(5)6)23(25)24-20-9-8-17(30(26,27)28)12-21(20)29-7/h8-15H,1-7H3,(H,24,25)(H,26,27,28). The van der Waals surface area contributed by atoms with Crippen LogP contribution in [0.1, 0.15) is 86.3 Å². The summed E-state index contributed by atoms with van der Waals surface area (Å²) in [6, 6.07) is 8.00. The van der Waals surface area contributed by atoms with Crippen LogP contribution in [0.5, 0.6) is 5.75 Å². The maximum Gasteiger partial charge on any atom is 0.294 e. The molecular formula is C23H31NO5S. The van der Waals surface area contributed by atoms with E-state index >= 15 is 0 Å². The number of hydrogen-bond donors (Lipinski definition) is 2. The Labute approximate surface area is 179 Å². The van der Waals surface area contributed by atoms with Crippen molar-refractivity contribution >= 4 is 21.7 Å². The van der Waals surface area contributed by atoms with Crippen molar-refractivity contribution in [1.82, 2.24) is 0 Å². The first-order valence-corrected chi connectivity index (χ1v) is 11.4. The molecule has 2 N–H and O–H groups in total. The number of hydrogen-bond acceptors (Lipinski definition) is 4. The van der Waals surface area contributed by atoms with Crippen LogP contribution in [0.4, 0.5) is 5.69 Å². The largest absolute Gasteiger partial charge is 0.495 e. The lowest BCUT2D eigenvalue weighted by molar-refractivity contribution is 0.102. The Balaban J connectivity index is 2.58. The van der Waals surface area contributed by atoms with Crippen LogP contribution in [-0.2, 0) is 10.1 Å². The van der Waals surface area contributed by atoms with Crippen molar-refractivity contribution in [3.63, 3.8) is 0 Å². The molecule has 0 spiro atoms. The SMILES string of the molecule is COc1cc(S(=O)(=O)O)ccc1NC(=O)c1c(C(C)C)cc(C(C)C)cc1C(C)C. The number of carbonyl (C=O) groups is 1. The minimum absolute atomic E-state index is 0.144. The van der Waals surface area contributed by atoms with Gasteiger partial charge in [0.2, 0.25) is 0 Å². The molecule has 0 aromatic heterocycles. The van der Waals surface area contributed by atoms with Crippen LogP contribution in [0.15, 0.2) is 35.2 Å². The summed E-state index contributed by atoms with van der Waals surface area (Å²) < 4.78 is 37.3. The van der Waals surface area contributed by atoms with Crippen molar-refractivity contribution in [3.05, 3.63) is 52.6 Å². The molecule has 0 aliphatic rings. The highest BCUT2D eigenvalue weighted by Crippen LogP contribution is 2.34. The second kappa shape index (κ2) is 9.18. The molecule has 2 aromatic carbocycles. The molecule has 0 fully saturated rings. The van der Waals surface area contributed by atoms with Crippen molar-refractivity contribution in [2.75, 3.05) is 12.4 Å². The molecule has 1 amide bonds. The van der Waals surface area contributed by atoms with E-state index in [1.165, 1.54) is 30.9 Å². The summed E-state index contributed by atoms with van der Waals surface area (Å²) in [5.74, 6) is 0.492. The Bertz CT molecular complexity index is 1010. The fourth-order valence-corrected chi connectivity index (χ4v) is 3.83. The smallest absolute Gasteiger partial charge is 0.294 e. The average Bonchev–Trinajstić information content (AvgIpc) is 2.65. The third kappa shape index (κ3) is 5.21. The van der Waals surface area contributed by atoms with E-state index in [1.807, 2.05) is 0 Å². The number of carbonyl (C=O) groups excluding carboxylic acids is 1. The van der Waals surface area contributed by atoms with Gasteiger partial charge in [-0.25, -0.2) is 0 Å². The van der Waals surface area contributed by atoms with E-state index in [-0.39, 0.29) is 28.4 Å². The molecule has 30 heavy (non-hydrogen) atoms. The molecule has 7 heteroatoms. The van der Waals surface area contributed by atoms with Gasteiger partial charge in [0, 0.05) is 11.6 Å². The third-order valence-electron chi connectivity index (χ3n) is 5.08. The molecule has 0 saturated heterocycles. The Kier molecular flexibility index (Phi) is 7.31. The summed E-state index contributed by atoms with van der Waals surface area (Å²) in [4.78, 5) is 13.1.